The van der Waals surface area contributed by atoms with Gasteiger partial charge in [-0.2, -0.15) is 0 Å². The first-order chi connectivity index (χ1) is 11.5. The fraction of sp³-hybridized carbons (Fsp3) is 0.263. The fourth-order valence-electron chi connectivity index (χ4n) is 2.33. The van der Waals surface area contributed by atoms with Gasteiger partial charge in [-0.05, 0) is 24.6 Å². The molecule has 0 fully saturated rings. The van der Waals surface area contributed by atoms with Crippen molar-refractivity contribution in [2.24, 2.45) is 0 Å². The number of benzene rings is 2. The number of rotatable bonds is 6. The molecule has 2 rings (SSSR count). The van der Waals surface area contributed by atoms with E-state index >= 15 is 0 Å². The van der Waals surface area contributed by atoms with Crippen LogP contribution < -0.4 is 10.2 Å². The summed E-state index contributed by atoms with van der Waals surface area (Å²) in [5.74, 6) is -0.247. The first-order valence-corrected chi connectivity index (χ1v) is 8.20. The number of amides is 2. The number of aryl methyl sites for hydroxylation is 1. The zero-order chi connectivity index (χ0) is 17.5. The highest BCUT2D eigenvalue weighted by Gasteiger charge is 2.15. The fourth-order valence-corrected chi connectivity index (χ4v) is 2.56. The molecule has 2 aromatic rings. The molecule has 0 saturated heterocycles. The second-order valence-corrected chi connectivity index (χ2v) is 6.04. The molecule has 2 aromatic carbocycles. The van der Waals surface area contributed by atoms with Gasteiger partial charge in [-0.1, -0.05) is 53.6 Å². The van der Waals surface area contributed by atoms with E-state index in [0.717, 1.165) is 5.56 Å². The Bertz CT molecular complexity index is 714. The molecular weight excluding hydrogens is 324 g/mol. The largest absolute Gasteiger partial charge is 0.352 e. The Labute approximate surface area is 147 Å². The Kier molecular flexibility index (Phi) is 6.38. The van der Waals surface area contributed by atoms with E-state index in [0.29, 0.717) is 23.8 Å². The van der Waals surface area contributed by atoms with Crippen LogP contribution in [-0.4, -0.2) is 18.4 Å². The Balaban J connectivity index is 1.90. The van der Waals surface area contributed by atoms with E-state index in [4.69, 9.17) is 11.6 Å². The molecule has 0 aliphatic rings. The predicted octanol–water partition coefficient (Wildman–Crippen LogP) is 3.71. The molecule has 24 heavy (non-hydrogen) atoms. The minimum absolute atomic E-state index is 0.103. The Morgan fingerprint density at radius 2 is 1.75 bits per heavy atom. The summed E-state index contributed by atoms with van der Waals surface area (Å²) in [6, 6.07) is 15.1. The van der Waals surface area contributed by atoms with Gasteiger partial charge in [-0.3, -0.25) is 9.59 Å². The van der Waals surface area contributed by atoms with Crippen molar-refractivity contribution in [1.29, 1.82) is 0 Å². The third-order valence-corrected chi connectivity index (χ3v) is 4.02. The number of hydrogen-bond donors (Lipinski definition) is 1. The summed E-state index contributed by atoms with van der Waals surface area (Å²) in [5.41, 5.74) is 2.85. The van der Waals surface area contributed by atoms with Gasteiger partial charge in [0.05, 0.1) is 10.7 Å². The van der Waals surface area contributed by atoms with Crippen molar-refractivity contribution in [3.05, 3.63) is 64.7 Å². The molecule has 0 aliphatic heterocycles. The molecule has 126 valence electrons. The maximum absolute atomic E-state index is 12.0. The van der Waals surface area contributed by atoms with Crippen LogP contribution in [-0.2, 0) is 16.1 Å². The summed E-state index contributed by atoms with van der Waals surface area (Å²) in [7, 11) is 0. The van der Waals surface area contributed by atoms with Gasteiger partial charge in [0.2, 0.25) is 11.8 Å². The van der Waals surface area contributed by atoms with Crippen LogP contribution in [0.5, 0.6) is 0 Å². The molecule has 2 amide bonds. The zero-order valence-corrected chi connectivity index (χ0v) is 14.6. The lowest BCUT2D eigenvalue weighted by atomic mass is 10.1. The van der Waals surface area contributed by atoms with Crippen molar-refractivity contribution < 1.29 is 9.59 Å². The molecule has 0 unspecified atom stereocenters. The number of carbonyl (C=O) groups is 2. The molecule has 0 aromatic heterocycles. The normalized spacial score (nSPS) is 10.3. The number of carbonyl (C=O) groups excluding carboxylic acids is 2. The number of hydrogen-bond acceptors (Lipinski definition) is 2. The molecule has 1 N–H and O–H groups in total. The smallest absolute Gasteiger partial charge is 0.223 e. The Hall–Kier alpha value is -2.33. The van der Waals surface area contributed by atoms with Gasteiger partial charge in [0.1, 0.15) is 0 Å². The first-order valence-electron chi connectivity index (χ1n) is 7.82. The summed E-state index contributed by atoms with van der Waals surface area (Å²) in [5, 5.41) is 3.36. The van der Waals surface area contributed by atoms with Crippen molar-refractivity contribution in [2.75, 3.05) is 11.4 Å². The highest BCUT2D eigenvalue weighted by Crippen LogP contribution is 2.25. The summed E-state index contributed by atoms with van der Waals surface area (Å²) in [4.78, 5) is 25.4. The highest BCUT2D eigenvalue weighted by atomic mass is 35.5. The summed E-state index contributed by atoms with van der Waals surface area (Å²) < 4.78 is 0. The third kappa shape index (κ3) is 5.10. The van der Waals surface area contributed by atoms with Gasteiger partial charge in [0, 0.05) is 26.4 Å². The molecule has 4 nitrogen and oxygen atoms in total. The van der Waals surface area contributed by atoms with Crippen LogP contribution >= 0.6 is 11.6 Å². The van der Waals surface area contributed by atoms with Gasteiger partial charge in [0.25, 0.3) is 0 Å². The van der Waals surface area contributed by atoms with E-state index in [1.807, 2.05) is 37.3 Å². The standard InChI is InChI=1S/C19H21ClN2O2/c1-14-7-9-16(10-8-14)13-21-19(24)11-12-22(15(2)23)18-6-4-3-5-17(18)20/h3-10H,11-13H2,1-2H3,(H,21,24). The van der Waals surface area contributed by atoms with Crippen molar-refractivity contribution in [1.82, 2.24) is 5.32 Å². The molecule has 0 saturated carbocycles. The highest BCUT2D eigenvalue weighted by molar-refractivity contribution is 6.33. The van der Waals surface area contributed by atoms with Crippen LogP contribution in [0.15, 0.2) is 48.5 Å². The molecular formula is C19H21ClN2O2. The van der Waals surface area contributed by atoms with Gasteiger partial charge in [0.15, 0.2) is 0 Å². The molecule has 5 heteroatoms. The van der Waals surface area contributed by atoms with Crippen LogP contribution in [0.25, 0.3) is 0 Å². The average Bonchev–Trinajstić information content (AvgIpc) is 2.56. The number of para-hydroxylation sites is 1. The second-order valence-electron chi connectivity index (χ2n) is 5.63. The van der Waals surface area contributed by atoms with E-state index in [2.05, 4.69) is 5.32 Å². The van der Waals surface area contributed by atoms with Crippen LogP contribution in [0.3, 0.4) is 0 Å². The Morgan fingerprint density at radius 1 is 1.08 bits per heavy atom. The molecule has 0 atom stereocenters. The van der Waals surface area contributed by atoms with Crippen molar-refractivity contribution in [3.63, 3.8) is 0 Å². The number of halogens is 1. The monoisotopic (exact) mass is 344 g/mol. The maximum Gasteiger partial charge on any atom is 0.223 e. The van der Waals surface area contributed by atoms with Gasteiger partial charge in [-0.25, -0.2) is 0 Å². The van der Waals surface area contributed by atoms with Gasteiger partial charge >= 0.3 is 0 Å². The topological polar surface area (TPSA) is 49.4 Å². The lowest BCUT2D eigenvalue weighted by molar-refractivity contribution is -0.121. The quantitative estimate of drug-likeness (QED) is 0.868. The predicted molar refractivity (Wildman–Crippen MR) is 97.1 cm³/mol. The summed E-state index contributed by atoms with van der Waals surface area (Å²) in [6.45, 7) is 4.25. The van der Waals surface area contributed by atoms with Crippen molar-refractivity contribution in [2.45, 2.75) is 26.8 Å². The maximum atomic E-state index is 12.0. The minimum Gasteiger partial charge on any atom is -0.352 e. The zero-order valence-electron chi connectivity index (χ0n) is 13.9. The van der Waals surface area contributed by atoms with Crippen molar-refractivity contribution in [3.8, 4) is 0 Å². The molecule has 0 spiro atoms. The third-order valence-electron chi connectivity index (χ3n) is 3.70. The number of anilines is 1. The summed E-state index contributed by atoms with van der Waals surface area (Å²) in [6.07, 6.45) is 0.219. The lowest BCUT2D eigenvalue weighted by Crippen LogP contribution is -2.33. The van der Waals surface area contributed by atoms with Crippen LogP contribution in [0.1, 0.15) is 24.5 Å². The van der Waals surface area contributed by atoms with Crippen LogP contribution in [0.4, 0.5) is 5.69 Å². The van der Waals surface area contributed by atoms with E-state index in [1.165, 1.54) is 17.4 Å². The minimum atomic E-state index is -0.144. The average molecular weight is 345 g/mol. The number of nitrogens with zero attached hydrogens (tertiary/aromatic N) is 1. The van der Waals surface area contributed by atoms with E-state index in [-0.39, 0.29) is 18.2 Å². The van der Waals surface area contributed by atoms with E-state index < -0.39 is 0 Å². The molecule has 0 radical (unpaired) electrons. The SMILES string of the molecule is CC(=O)N(CCC(=O)NCc1ccc(C)cc1)c1ccccc1Cl. The van der Waals surface area contributed by atoms with E-state index in [9.17, 15) is 9.59 Å². The molecule has 0 heterocycles. The van der Waals surface area contributed by atoms with Crippen LogP contribution in [0, 0.1) is 6.92 Å². The molecule has 0 aliphatic carbocycles. The van der Waals surface area contributed by atoms with E-state index in [1.54, 1.807) is 18.2 Å². The summed E-state index contributed by atoms with van der Waals surface area (Å²) >= 11 is 6.14. The molecule has 0 bridgehead atoms. The Morgan fingerprint density at radius 3 is 2.38 bits per heavy atom. The first kappa shape index (κ1) is 18.0. The van der Waals surface area contributed by atoms with Gasteiger partial charge in [-0.15, -0.1) is 0 Å². The second kappa shape index (κ2) is 8.50. The van der Waals surface area contributed by atoms with Crippen molar-refractivity contribution >= 4 is 29.1 Å². The number of nitrogens with one attached hydrogen (secondary N) is 1. The van der Waals surface area contributed by atoms with Crippen LogP contribution in [0.2, 0.25) is 5.02 Å². The lowest BCUT2D eigenvalue weighted by Gasteiger charge is -2.22. The van der Waals surface area contributed by atoms with Gasteiger partial charge < -0.3 is 10.2 Å².